The molecule has 0 atom stereocenters. The predicted molar refractivity (Wildman–Crippen MR) is 94.0 cm³/mol. The maximum atomic E-state index is 12.9. The first kappa shape index (κ1) is 15.7. The zero-order valence-corrected chi connectivity index (χ0v) is 14.6. The highest BCUT2D eigenvalue weighted by atomic mass is 16.7. The highest BCUT2D eigenvalue weighted by Gasteiger charge is 2.54. The van der Waals surface area contributed by atoms with Gasteiger partial charge in [0.05, 0.1) is 11.1 Å². The van der Waals surface area contributed by atoms with Gasteiger partial charge >= 0.3 is 0 Å². The van der Waals surface area contributed by atoms with E-state index in [1.165, 1.54) is 19.3 Å². The third-order valence-electron chi connectivity index (χ3n) is 5.78. The molecule has 0 saturated heterocycles. The van der Waals surface area contributed by atoms with E-state index < -0.39 is 5.41 Å². The van der Waals surface area contributed by atoms with Crippen LogP contribution >= 0.6 is 0 Å². The number of amides is 1. The van der Waals surface area contributed by atoms with E-state index in [1.54, 1.807) is 0 Å². The summed E-state index contributed by atoms with van der Waals surface area (Å²) in [7, 11) is 0. The Balaban J connectivity index is 1.35. The number of fused-ring (bicyclic) bond motifs is 1. The molecule has 26 heavy (non-hydrogen) atoms. The van der Waals surface area contributed by atoms with Crippen molar-refractivity contribution in [3.05, 3.63) is 30.0 Å². The Bertz CT molecular complexity index is 834. The minimum absolute atomic E-state index is 0.106. The van der Waals surface area contributed by atoms with Gasteiger partial charge in [-0.3, -0.25) is 4.79 Å². The molecule has 2 aliphatic carbocycles. The van der Waals surface area contributed by atoms with Crippen LogP contribution in [0.15, 0.2) is 28.8 Å². The Morgan fingerprint density at radius 2 is 1.88 bits per heavy atom. The van der Waals surface area contributed by atoms with Gasteiger partial charge in [-0.25, -0.2) is 0 Å². The summed E-state index contributed by atoms with van der Waals surface area (Å²) >= 11 is 0. The molecule has 2 saturated carbocycles. The number of aromatic nitrogens is 1. The number of carbonyl (C=O) groups is 1. The first-order valence-corrected chi connectivity index (χ1v) is 9.43. The van der Waals surface area contributed by atoms with Gasteiger partial charge in [-0.2, -0.15) is 0 Å². The molecule has 2 heterocycles. The molecule has 0 unspecified atom stereocenters. The molecule has 2 fully saturated rings. The zero-order valence-electron chi connectivity index (χ0n) is 14.6. The predicted octanol–water partition coefficient (Wildman–Crippen LogP) is 3.55. The third kappa shape index (κ3) is 2.64. The van der Waals surface area contributed by atoms with E-state index in [0.29, 0.717) is 17.6 Å². The Morgan fingerprint density at radius 3 is 2.69 bits per heavy atom. The smallest absolute Gasteiger partial charge is 0.232 e. The van der Waals surface area contributed by atoms with Crippen molar-refractivity contribution in [1.29, 1.82) is 0 Å². The van der Waals surface area contributed by atoms with Gasteiger partial charge in [0.15, 0.2) is 17.3 Å². The normalized spacial score (nSPS) is 20.8. The van der Waals surface area contributed by atoms with Crippen LogP contribution in [0.3, 0.4) is 0 Å². The van der Waals surface area contributed by atoms with Gasteiger partial charge in [0.1, 0.15) is 0 Å². The monoisotopic (exact) mass is 354 g/mol. The molecule has 6 nitrogen and oxygen atoms in total. The first-order chi connectivity index (χ1) is 12.7. The largest absolute Gasteiger partial charge is 0.454 e. The van der Waals surface area contributed by atoms with Crippen LogP contribution < -0.4 is 14.8 Å². The summed E-state index contributed by atoms with van der Waals surface area (Å²) in [6.07, 6.45) is 7.52. The van der Waals surface area contributed by atoms with Crippen molar-refractivity contribution in [1.82, 2.24) is 10.5 Å². The maximum absolute atomic E-state index is 12.9. The standard InChI is InChI=1S/C20H22N2O4/c23-19(21-14-4-2-1-3-5-14)20(8-9-20)18-11-16(26-22-18)13-6-7-15-17(10-13)25-12-24-15/h6-7,10-11,14H,1-5,8-9,12H2,(H,21,23). The number of ether oxygens (including phenoxy) is 2. The summed E-state index contributed by atoms with van der Waals surface area (Å²) in [6, 6.07) is 7.87. The van der Waals surface area contributed by atoms with Crippen molar-refractivity contribution in [2.24, 2.45) is 0 Å². The lowest BCUT2D eigenvalue weighted by Gasteiger charge is -2.24. The van der Waals surface area contributed by atoms with Crippen LogP contribution in [0.25, 0.3) is 11.3 Å². The third-order valence-corrected chi connectivity index (χ3v) is 5.78. The van der Waals surface area contributed by atoms with Crippen molar-refractivity contribution in [3.63, 3.8) is 0 Å². The van der Waals surface area contributed by atoms with Gasteiger partial charge < -0.3 is 19.3 Å². The number of nitrogens with zero attached hydrogens (tertiary/aromatic N) is 1. The van der Waals surface area contributed by atoms with Gasteiger partial charge in [0.2, 0.25) is 12.7 Å². The molecular formula is C20H22N2O4. The van der Waals surface area contributed by atoms with Crippen molar-refractivity contribution >= 4 is 5.91 Å². The summed E-state index contributed by atoms with van der Waals surface area (Å²) < 4.78 is 16.3. The summed E-state index contributed by atoms with van der Waals surface area (Å²) in [4.78, 5) is 12.9. The van der Waals surface area contributed by atoms with Crippen LogP contribution in [0.1, 0.15) is 50.6 Å². The molecule has 1 aromatic heterocycles. The quantitative estimate of drug-likeness (QED) is 0.909. The van der Waals surface area contributed by atoms with E-state index >= 15 is 0 Å². The van der Waals surface area contributed by atoms with Crippen molar-refractivity contribution < 1.29 is 18.8 Å². The minimum atomic E-state index is -0.504. The Labute approximate surface area is 151 Å². The highest BCUT2D eigenvalue weighted by Crippen LogP contribution is 2.49. The zero-order chi connectivity index (χ0) is 17.6. The SMILES string of the molecule is O=C(NC1CCCCC1)C1(c2cc(-c3ccc4c(c3)OCO4)on2)CC1. The van der Waals surface area contributed by atoms with E-state index in [2.05, 4.69) is 10.5 Å². The van der Waals surface area contributed by atoms with Crippen molar-refractivity contribution in [2.75, 3.05) is 6.79 Å². The molecule has 136 valence electrons. The van der Waals surface area contributed by atoms with E-state index in [4.69, 9.17) is 14.0 Å². The number of benzene rings is 1. The second-order valence-electron chi connectivity index (χ2n) is 7.53. The molecule has 6 heteroatoms. The lowest BCUT2D eigenvalue weighted by molar-refractivity contribution is -0.124. The molecule has 1 amide bonds. The molecule has 1 N–H and O–H groups in total. The molecule has 0 radical (unpaired) electrons. The molecule has 5 rings (SSSR count). The van der Waals surface area contributed by atoms with Crippen LogP contribution in [0.2, 0.25) is 0 Å². The fourth-order valence-corrected chi connectivity index (χ4v) is 3.98. The number of nitrogens with one attached hydrogen (secondary N) is 1. The van der Waals surface area contributed by atoms with Gasteiger partial charge in [-0.1, -0.05) is 24.4 Å². The first-order valence-electron chi connectivity index (χ1n) is 9.43. The summed E-state index contributed by atoms with van der Waals surface area (Å²) in [5, 5.41) is 7.47. The average Bonchev–Trinajstić information content (AvgIpc) is 3.12. The molecule has 3 aliphatic rings. The molecule has 1 aliphatic heterocycles. The van der Waals surface area contributed by atoms with Gasteiger partial charge in [-0.15, -0.1) is 0 Å². The average molecular weight is 354 g/mol. The lowest BCUT2D eigenvalue weighted by Crippen LogP contribution is -2.42. The van der Waals surface area contributed by atoms with Crippen LogP contribution in [0.5, 0.6) is 11.5 Å². The number of hydrogen-bond donors (Lipinski definition) is 1. The van der Waals surface area contributed by atoms with Gasteiger partial charge in [-0.05, 0) is 43.9 Å². The lowest BCUT2D eigenvalue weighted by atomic mass is 9.93. The van der Waals surface area contributed by atoms with E-state index in [9.17, 15) is 4.79 Å². The molecule has 2 aromatic rings. The maximum Gasteiger partial charge on any atom is 0.232 e. The Kier molecular flexibility index (Phi) is 3.65. The van der Waals surface area contributed by atoms with E-state index in [1.807, 2.05) is 24.3 Å². The molecule has 0 bridgehead atoms. The fourth-order valence-electron chi connectivity index (χ4n) is 3.98. The topological polar surface area (TPSA) is 73.6 Å². The van der Waals surface area contributed by atoms with Crippen LogP contribution in [0, 0.1) is 0 Å². The number of carbonyl (C=O) groups excluding carboxylic acids is 1. The van der Waals surface area contributed by atoms with Crippen LogP contribution in [-0.4, -0.2) is 23.9 Å². The number of hydrogen-bond acceptors (Lipinski definition) is 5. The highest BCUT2D eigenvalue weighted by molar-refractivity contribution is 5.91. The van der Waals surface area contributed by atoms with Gasteiger partial charge in [0, 0.05) is 17.7 Å². The second-order valence-corrected chi connectivity index (χ2v) is 7.53. The van der Waals surface area contributed by atoms with Crippen molar-refractivity contribution in [2.45, 2.75) is 56.4 Å². The van der Waals surface area contributed by atoms with E-state index in [0.717, 1.165) is 42.7 Å². The molecular weight excluding hydrogens is 332 g/mol. The molecule has 0 spiro atoms. The van der Waals surface area contributed by atoms with E-state index in [-0.39, 0.29) is 12.7 Å². The van der Waals surface area contributed by atoms with Crippen LogP contribution in [0.4, 0.5) is 0 Å². The Hall–Kier alpha value is -2.50. The summed E-state index contributed by atoms with van der Waals surface area (Å²) in [6.45, 7) is 0.241. The molecule has 1 aromatic carbocycles. The van der Waals surface area contributed by atoms with Crippen molar-refractivity contribution in [3.8, 4) is 22.8 Å². The second kappa shape index (κ2) is 6.04. The summed E-state index contributed by atoms with van der Waals surface area (Å²) in [5.74, 6) is 2.20. The van der Waals surface area contributed by atoms with Crippen LogP contribution in [-0.2, 0) is 10.2 Å². The Morgan fingerprint density at radius 1 is 1.08 bits per heavy atom. The number of rotatable bonds is 4. The minimum Gasteiger partial charge on any atom is -0.454 e. The summed E-state index contributed by atoms with van der Waals surface area (Å²) in [5.41, 5.74) is 1.10. The van der Waals surface area contributed by atoms with Gasteiger partial charge in [0.25, 0.3) is 0 Å². The fraction of sp³-hybridized carbons (Fsp3) is 0.500.